The van der Waals surface area contributed by atoms with E-state index in [0.29, 0.717) is 24.2 Å². The highest BCUT2D eigenvalue weighted by Crippen LogP contribution is 2.61. The Morgan fingerprint density at radius 1 is 1.40 bits per heavy atom. The third-order valence-electron chi connectivity index (χ3n) is 5.37. The van der Waals surface area contributed by atoms with Crippen molar-refractivity contribution in [3.8, 4) is 0 Å². The SMILES string of the molecule is CC1=C2CC3C(C)(C=CC(=O)C34CO4)CC2(O)OC1=O. The Balaban J connectivity index is 1.84. The number of carbonyl (C=O) groups excluding carboxylic acids is 2. The summed E-state index contributed by atoms with van der Waals surface area (Å²) in [5.74, 6) is -2.04. The summed E-state index contributed by atoms with van der Waals surface area (Å²) in [5.41, 5.74) is -0.0765. The summed E-state index contributed by atoms with van der Waals surface area (Å²) < 4.78 is 10.7. The van der Waals surface area contributed by atoms with Crippen LogP contribution in [-0.4, -0.2) is 34.9 Å². The van der Waals surface area contributed by atoms with Gasteiger partial charge in [-0.1, -0.05) is 13.0 Å². The molecule has 0 amide bonds. The molecule has 106 valence electrons. The molecular formula is C15H16O5. The molecule has 0 aromatic rings. The third kappa shape index (κ3) is 1.25. The van der Waals surface area contributed by atoms with Crippen molar-refractivity contribution < 1.29 is 24.2 Å². The van der Waals surface area contributed by atoms with Crippen LogP contribution in [0.1, 0.15) is 26.7 Å². The minimum Gasteiger partial charge on any atom is -0.426 e. The minimum atomic E-state index is -1.52. The highest BCUT2D eigenvalue weighted by atomic mass is 16.7. The van der Waals surface area contributed by atoms with Crippen LogP contribution < -0.4 is 0 Å². The van der Waals surface area contributed by atoms with Gasteiger partial charge in [0.15, 0.2) is 11.4 Å². The number of ketones is 1. The molecule has 4 aliphatic rings. The van der Waals surface area contributed by atoms with Crippen molar-refractivity contribution in [1.29, 1.82) is 0 Å². The van der Waals surface area contributed by atoms with E-state index >= 15 is 0 Å². The topological polar surface area (TPSA) is 76.1 Å². The standard InChI is InChI=1S/C15H16O5/c1-8-9-5-10-13(2,6-15(9,18)20-12(8)17)4-3-11(16)14(10)7-19-14/h3-4,10,18H,5-7H2,1-2H3. The Bertz CT molecular complexity index is 612. The van der Waals surface area contributed by atoms with Crippen molar-refractivity contribution in [2.45, 2.75) is 38.1 Å². The lowest BCUT2D eigenvalue weighted by atomic mass is 9.56. The molecule has 2 aliphatic heterocycles. The number of fused-ring (bicyclic) bond motifs is 3. The zero-order valence-corrected chi connectivity index (χ0v) is 11.4. The zero-order chi connectivity index (χ0) is 14.3. The van der Waals surface area contributed by atoms with Gasteiger partial charge in [-0.3, -0.25) is 4.79 Å². The van der Waals surface area contributed by atoms with E-state index in [2.05, 4.69) is 0 Å². The summed E-state index contributed by atoms with van der Waals surface area (Å²) in [4.78, 5) is 23.8. The molecule has 1 saturated carbocycles. The Labute approximate surface area is 116 Å². The van der Waals surface area contributed by atoms with Gasteiger partial charge in [0, 0.05) is 23.5 Å². The molecule has 1 saturated heterocycles. The quantitative estimate of drug-likeness (QED) is 0.525. The van der Waals surface area contributed by atoms with Gasteiger partial charge >= 0.3 is 5.97 Å². The third-order valence-corrected chi connectivity index (χ3v) is 5.37. The molecule has 2 aliphatic carbocycles. The van der Waals surface area contributed by atoms with E-state index in [0.717, 1.165) is 0 Å². The Hall–Kier alpha value is -1.46. The molecule has 0 radical (unpaired) electrons. The van der Waals surface area contributed by atoms with Crippen LogP contribution in [-0.2, 0) is 19.1 Å². The fourth-order valence-corrected chi connectivity index (χ4v) is 4.11. The van der Waals surface area contributed by atoms with Gasteiger partial charge in [-0.15, -0.1) is 0 Å². The summed E-state index contributed by atoms with van der Waals surface area (Å²) in [6.07, 6.45) is 4.12. The molecule has 4 atom stereocenters. The van der Waals surface area contributed by atoms with Crippen LogP contribution in [0.2, 0.25) is 0 Å². The molecule has 20 heavy (non-hydrogen) atoms. The molecule has 4 unspecified atom stereocenters. The van der Waals surface area contributed by atoms with Crippen LogP contribution in [0.25, 0.3) is 0 Å². The zero-order valence-electron chi connectivity index (χ0n) is 11.4. The smallest absolute Gasteiger partial charge is 0.336 e. The molecular weight excluding hydrogens is 260 g/mol. The first-order valence-electron chi connectivity index (χ1n) is 6.84. The number of ether oxygens (including phenoxy) is 2. The minimum absolute atomic E-state index is 0.00564. The fraction of sp³-hybridized carbons (Fsp3) is 0.600. The van der Waals surface area contributed by atoms with E-state index in [1.807, 2.05) is 13.0 Å². The molecule has 0 aromatic carbocycles. The van der Waals surface area contributed by atoms with Crippen LogP contribution >= 0.6 is 0 Å². The van der Waals surface area contributed by atoms with Crippen molar-refractivity contribution in [2.75, 3.05) is 6.61 Å². The predicted molar refractivity (Wildman–Crippen MR) is 67.4 cm³/mol. The van der Waals surface area contributed by atoms with Crippen LogP contribution in [0.3, 0.4) is 0 Å². The van der Waals surface area contributed by atoms with Crippen LogP contribution in [0.5, 0.6) is 0 Å². The van der Waals surface area contributed by atoms with E-state index in [4.69, 9.17) is 9.47 Å². The maximum Gasteiger partial charge on any atom is 0.336 e. The number of hydrogen-bond donors (Lipinski definition) is 1. The van der Waals surface area contributed by atoms with E-state index in [1.165, 1.54) is 0 Å². The summed E-state index contributed by atoms with van der Waals surface area (Å²) in [7, 11) is 0. The van der Waals surface area contributed by atoms with Crippen molar-refractivity contribution in [2.24, 2.45) is 11.3 Å². The first-order valence-corrected chi connectivity index (χ1v) is 6.84. The molecule has 1 N–H and O–H groups in total. The van der Waals surface area contributed by atoms with Gasteiger partial charge in [0.05, 0.1) is 6.61 Å². The van der Waals surface area contributed by atoms with E-state index in [1.54, 1.807) is 13.0 Å². The van der Waals surface area contributed by atoms with Crippen LogP contribution in [0.15, 0.2) is 23.3 Å². The van der Waals surface area contributed by atoms with E-state index < -0.39 is 22.8 Å². The lowest BCUT2D eigenvalue weighted by Crippen LogP contribution is -2.54. The lowest BCUT2D eigenvalue weighted by Gasteiger charge is -2.49. The van der Waals surface area contributed by atoms with Crippen LogP contribution in [0, 0.1) is 11.3 Å². The normalized spacial score (nSPS) is 49.2. The van der Waals surface area contributed by atoms with Gasteiger partial charge in [0.2, 0.25) is 5.79 Å². The molecule has 2 fully saturated rings. The van der Waals surface area contributed by atoms with Crippen molar-refractivity contribution in [1.82, 2.24) is 0 Å². The van der Waals surface area contributed by atoms with E-state index in [9.17, 15) is 14.7 Å². The molecule has 5 heteroatoms. The highest BCUT2D eigenvalue weighted by molar-refractivity contribution is 6.01. The van der Waals surface area contributed by atoms with Gasteiger partial charge in [0.25, 0.3) is 0 Å². The van der Waals surface area contributed by atoms with Crippen LogP contribution in [0.4, 0.5) is 0 Å². The van der Waals surface area contributed by atoms with Crippen molar-refractivity contribution >= 4 is 11.8 Å². The fourth-order valence-electron chi connectivity index (χ4n) is 4.11. The van der Waals surface area contributed by atoms with Crippen molar-refractivity contribution in [3.63, 3.8) is 0 Å². The largest absolute Gasteiger partial charge is 0.426 e. The molecule has 0 bridgehead atoms. The number of epoxide rings is 1. The second kappa shape index (κ2) is 3.23. The average molecular weight is 276 g/mol. The summed E-state index contributed by atoms with van der Waals surface area (Å²) >= 11 is 0. The average Bonchev–Trinajstić information content (AvgIpc) is 3.10. The lowest BCUT2D eigenvalue weighted by molar-refractivity contribution is -0.201. The van der Waals surface area contributed by atoms with Gasteiger partial charge in [-0.25, -0.2) is 4.79 Å². The molecule has 1 spiro atoms. The van der Waals surface area contributed by atoms with Gasteiger partial charge in [0.1, 0.15) is 0 Å². The molecule has 0 aromatic heterocycles. The Kier molecular flexibility index (Phi) is 1.99. The van der Waals surface area contributed by atoms with Gasteiger partial charge in [-0.2, -0.15) is 0 Å². The van der Waals surface area contributed by atoms with E-state index in [-0.39, 0.29) is 18.1 Å². The van der Waals surface area contributed by atoms with Crippen molar-refractivity contribution in [3.05, 3.63) is 23.3 Å². The molecule has 2 heterocycles. The number of aliphatic hydroxyl groups is 1. The predicted octanol–water partition coefficient (Wildman–Crippen LogP) is 0.872. The van der Waals surface area contributed by atoms with Gasteiger partial charge in [-0.05, 0) is 24.8 Å². The number of carbonyl (C=O) groups is 2. The second-order valence-electron chi connectivity index (χ2n) is 6.59. The van der Waals surface area contributed by atoms with Gasteiger partial charge < -0.3 is 14.6 Å². The number of hydrogen-bond acceptors (Lipinski definition) is 5. The summed E-state index contributed by atoms with van der Waals surface area (Å²) in [5, 5.41) is 10.7. The maximum atomic E-state index is 12.1. The first-order chi connectivity index (χ1) is 9.31. The number of allylic oxidation sites excluding steroid dienone is 1. The number of rotatable bonds is 0. The maximum absolute atomic E-state index is 12.1. The second-order valence-corrected chi connectivity index (χ2v) is 6.59. The Morgan fingerprint density at radius 3 is 2.75 bits per heavy atom. The monoisotopic (exact) mass is 276 g/mol. The molecule has 4 rings (SSSR count). The number of esters is 1. The summed E-state index contributed by atoms with van der Waals surface area (Å²) in [6, 6.07) is 0. The first kappa shape index (κ1) is 12.3. The summed E-state index contributed by atoms with van der Waals surface area (Å²) in [6.45, 7) is 4.08. The Morgan fingerprint density at radius 2 is 2.10 bits per heavy atom. The highest BCUT2D eigenvalue weighted by Gasteiger charge is 2.68. The molecule has 5 nitrogen and oxygen atoms in total.